The highest BCUT2D eigenvalue weighted by Crippen LogP contribution is 2.45. The summed E-state index contributed by atoms with van der Waals surface area (Å²) in [7, 11) is 2.09. The Balaban J connectivity index is 1.52. The summed E-state index contributed by atoms with van der Waals surface area (Å²) in [6.45, 7) is 7.15. The van der Waals surface area contributed by atoms with Crippen LogP contribution in [-0.4, -0.2) is 72.9 Å². The van der Waals surface area contributed by atoms with Gasteiger partial charge in [-0.25, -0.2) is 0 Å². The molecule has 138 valence electrons. The second-order valence-electron chi connectivity index (χ2n) is 7.75. The molecule has 4 heterocycles. The average Bonchev–Trinajstić information content (AvgIpc) is 3.20. The zero-order valence-electron chi connectivity index (χ0n) is 15.2. The zero-order chi connectivity index (χ0) is 17.3. The maximum Gasteiger partial charge on any atom is 0.227 e. The molecule has 0 radical (unpaired) electrons. The number of hydrogen-bond donors (Lipinski definition) is 0. The molecule has 1 aromatic heterocycles. The molecule has 6 heteroatoms. The molecule has 1 amide bonds. The van der Waals surface area contributed by atoms with E-state index >= 15 is 0 Å². The van der Waals surface area contributed by atoms with Crippen LogP contribution in [0.1, 0.15) is 18.5 Å². The van der Waals surface area contributed by atoms with E-state index in [0.29, 0.717) is 19.1 Å². The van der Waals surface area contributed by atoms with Gasteiger partial charge in [0.25, 0.3) is 0 Å². The van der Waals surface area contributed by atoms with E-state index in [1.807, 2.05) is 4.90 Å². The molecule has 0 aliphatic carbocycles. The van der Waals surface area contributed by atoms with Crippen molar-refractivity contribution >= 4 is 5.91 Å². The third-order valence-electron chi connectivity index (χ3n) is 6.26. The number of morpholine rings is 1. The number of nitrogens with zero attached hydrogens (tertiary/aromatic N) is 3. The van der Waals surface area contributed by atoms with Crippen LogP contribution in [0, 0.1) is 11.3 Å². The Morgan fingerprint density at radius 2 is 1.92 bits per heavy atom. The summed E-state index contributed by atoms with van der Waals surface area (Å²) < 4.78 is 13.2. The number of aryl methyl sites for hydroxylation is 1. The minimum Gasteiger partial charge on any atom is -0.381 e. The molecule has 0 aromatic carbocycles. The minimum atomic E-state index is 0.0821. The number of ether oxygens (including phenoxy) is 2. The summed E-state index contributed by atoms with van der Waals surface area (Å²) >= 11 is 0. The molecule has 3 aliphatic heterocycles. The summed E-state index contributed by atoms with van der Waals surface area (Å²) in [4.78, 5) is 17.8. The summed E-state index contributed by atoms with van der Waals surface area (Å²) in [6.07, 6.45) is 4.08. The second kappa shape index (κ2) is 7.09. The highest BCUT2D eigenvalue weighted by atomic mass is 16.5. The maximum atomic E-state index is 13.3. The quantitative estimate of drug-likeness (QED) is 0.822. The van der Waals surface area contributed by atoms with Crippen LogP contribution in [0.2, 0.25) is 0 Å². The lowest BCUT2D eigenvalue weighted by atomic mass is 9.71. The maximum absolute atomic E-state index is 13.3. The van der Waals surface area contributed by atoms with Crippen LogP contribution in [0.15, 0.2) is 18.3 Å². The predicted molar refractivity (Wildman–Crippen MR) is 94.1 cm³/mol. The number of carbonyl (C=O) groups is 1. The van der Waals surface area contributed by atoms with Crippen LogP contribution >= 0.6 is 0 Å². The van der Waals surface area contributed by atoms with E-state index in [2.05, 4.69) is 34.8 Å². The molecule has 25 heavy (non-hydrogen) atoms. The number of rotatable bonds is 3. The molecular formula is C19H29N3O3. The Kier molecular flexibility index (Phi) is 4.84. The minimum absolute atomic E-state index is 0.0821. The van der Waals surface area contributed by atoms with Gasteiger partial charge in [-0.1, -0.05) is 0 Å². The van der Waals surface area contributed by atoms with E-state index in [-0.39, 0.29) is 11.3 Å². The number of amides is 1. The standard InChI is InChI=1S/C19H29N3O3/c1-20-6-2-3-16(20)13-21-14-17(18(23)22-7-11-25-12-8-22)19(15-21)4-9-24-10-5-19/h2-3,6,17H,4-5,7-15H2,1H3/t17-/m0/s1. The Labute approximate surface area is 149 Å². The fourth-order valence-electron chi connectivity index (χ4n) is 4.71. The van der Waals surface area contributed by atoms with Crippen molar-refractivity contribution < 1.29 is 14.3 Å². The van der Waals surface area contributed by atoms with Crippen molar-refractivity contribution in [3.05, 3.63) is 24.0 Å². The molecule has 0 saturated carbocycles. The van der Waals surface area contributed by atoms with Gasteiger partial charge in [0.2, 0.25) is 5.91 Å². The van der Waals surface area contributed by atoms with Crippen LogP contribution in [0.3, 0.4) is 0 Å². The molecule has 1 spiro atoms. The van der Waals surface area contributed by atoms with Gasteiger partial charge in [-0.15, -0.1) is 0 Å². The first-order chi connectivity index (χ1) is 12.2. The monoisotopic (exact) mass is 347 g/mol. The molecule has 3 aliphatic rings. The van der Waals surface area contributed by atoms with E-state index in [4.69, 9.17) is 9.47 Å². The topological polar surface area (TPSA) is 46.9 Å². The molecule has 3 fully saturated rings. The third-order valence-corrected chi connectivity index (χ3v) is 6.26. The van der Waals surface area contributed by atoms with Crippen LogP contribution in [0.5, 0.6) is 0 Å². The fraction of sp³-hybridized carbons (Fsp3) is 0.737. The number of aromatic nitrogens is 1. The molecule has 0 bridgehead atoms. The first-order valence-corrected chi connectivity index (χ1v) is 9.45. The lowest BCUT2D eigenvalue weighted by Gasteiger charge is -2.40. The van der Waals surface area contributed by atoms with Gasteiger partial charge in [-0.05, 0) is 25.0 Å². The molecule has 0 unspecified atom stereocenters. The van der Waals surface area contributed by atoms with E-state index in [0.717, 1.165) is 58.8 Å². The fourth-order valence-corrected chi connectivity index (χ4v) is 4.71. The number of hydrogen-bond acceptors (Lipinski definition) is 4. The zero-order valence-corrected chi connectivity index (χ0v) is 15.2. The van der Waals surface area contributed by atoms with Crippen LogP contribution in [0.25, 0.3) is 0 Å². The summed E-state index contributed by atoms with van der Waals surface area (Å²) in [5.74, 6) is 0.425. The highest BCUT2D eigenvalue weighted by molar-refractivity contribution is 5.80. The Morgan fingerprint density at radius 1 is 1.20 bits per heavy atom. The lowest BCUT2D eigenvalue weighted by molar-refractivity contribution is -0.144. The van der Waals surface area contributed by atoms with Crippen molar-refractivity contribution in [3.63, 3.8) is 0 Å². The van der Waals surface area contributed by atoms with Gasteiger partial charge >= 0.3 is 0 Å². The van der Waals surface area contributed by atoms with Gasteiger partial charge in [0.15, 0.2) is 0 Å². The van der Waals surface area contributed by atoms with Gasteiger partial charge in [-0.3, -0.25) is 9.69 Å². The molecule has 0 N–H and O–H groups in total. The highest BCUT2D eigenvalue weighted by Gasteiger charge is 2.51. The van der Waals surface area contributed by atoms with Crippen molar-refractivity contribution in [1.29, 1.82) is 0 Å². The molecule has 1 atom stereocenters. The SMILES string of the molecule is Cn1cccc1CN1C[C@@H](C(=O)N2CCOCC2)C2(CCOCC2)C1. The van der Waals surface area contributed by atoms with Crippen molar-refractivity contribution in [1.82, 2.24) is 14.4 Å². The normalized spacial score (nSPS) is 27.1. The van der Waals surface area contributed by atoms with Crippen LogP contribution in [0.4, 0.5) is 0 Å². The Hall–Kier alpha value is -1.37. The lowest BCUT2D eigenvalue weighted by Crippen LogP contribution is -2.49. The Morgan fingerprint density at radius 3 is 2.60 bits per heavy atom. The first kappa shape index (κ1) is 17.1. The molecular weight excluding hydrogens is 318 g/mol. The van der Waals surface area contributed by atoms with Crippen molar-refractivity contribution in [2.75, 3.05) is 52.6 Å². The van der Waals surface area contributed by atoms with Crippen molar-refractivity contribution in [2.45, 2.75) is 19.4 Å². The average molecular weight is 347 g/mol. The number of likely N-dealkylation sites (tertiary alicyclic amines) is 1. The number of carbonyl (C=O) groups excluding carboxylic acids is 1. The van der Waals surface area contributed by atoms with Crippen LogP contribution in [-0.2, 0) is 27.9 Å². The van der Waals surface area contributed by atoms with E-state index < -0.39 is 0 Å². The van der Waals surface area contributed by atoms with Crippen molar-refractivity contribution in [3.8, 4) is 0 Å². The summed E-state index contributed by atoms with van der Waals surface area (Å²) in [5, 5.41) is 0. The largest absolute Gasteiger partial charge is 0.381 e. The smallest absolute Gasteiger partial charge is 0.227 e. The molecule has 6 nitrogen and oxygen atoms in total. The molecule has 4 rings (SSSR count). The van der Waals surface area contributed by atoms with Crippen LogP contribution < -0.4 is 0 Å². The second-order valence-corrected chi connectivity index (χ2v) is 7.75. The van der Waals surface area contributed by atoms with Gasteiger partial charge in [-0.2, -0.15) is 0 Å². The molecule has 1 aromatic rings. The summed E-state index contributed by atoms with van der Waals surface area (Å²) in [6, 6.07) is 4.26. The molecule has 3 saturated heterocycles. The third kappa shape index (κ3) is 3.35. The summed E-state index contributed by atoms with van der Waals surface area (Å²) in [5.41, 5.74) is 1.39. The van der Waals surface area contributed by atoms with Gasteiger partial charge in [0.05, 0.1) is 19.1 Å². The van der Waals surface area contributed by atoms with Gasteiger partial charge in [0.1, 0.15) is 0 Å². The van der Waals surface area contributed by atoms with Crippen molar-refractivity contribution in [2.24, 2.45) is 18.4 Å². The first-order valence-electron chi connectivity index (χ1n) is 9.45. The van der Waals surface area contributed by atoms with E-state index in [1.54, 1.807) is 0 Å². The van der Waals surface area contributed by atoms with Gasteiger partial charge in [0, 0.05) is 70.3 Å². The Bertz CT molecular complexity index is 603. The van der Waals surface area contributed by atoms with Gasteiger partial charge < -0.3 is 18.9 Å². The predicted octanol–water partition coefficient (Wildman–Crippen LogP) is 1.11. The van der Waals surface area contributed by atoms with E-state index in [1.165, 1.54) is 5.69 Å². The van der Waals surface area contributed by atoms with E-state index in [9.17, 15) is 4.79 Å².